The summed E-state index contributed by atoms with van der Waals surface area (Å²) in [5.74, 6) is 0. The molecule has 0 bridgehead atoms. The monoisotopic (exact) mass is 193 g/mol. The van der Waals surface area contributed by atoms with Crippen molar-refractivity contribution in [2.45, 2.75) is 46.6 Å². The Kier molecular flexibility index (Phi) is 8.25. The van der Waals surface area contributed by atoms with Crippen LogP contribution >= 0.6 is 0 Å². The van der Waals surface area contributed by atoms with Crippen LogP contribution in [0.25, 0.3) is 0 Å². The van der Waals surface area contributed by atoms with Crippen molar-refractivity contribution in [1.29, 1.82) is 0 Å². The fraction of sp³-hybridized carbons (Fsp3) is 0.538. The number of benzene rings is 1. The fourth-order valence-electron chi connectivity index (χ4n) is 1.19. The Morgan fingerprint density at radius 2 is 1.64 bits per heavy atom. The van der Waals surface area contributed by atoms with Crippen LogP contribution in [0, 0.1) is 6.92 Å². The van der Waals surface area contributed by atoms with E-state index in [2.05, 4.69) is 32.9 Å². The molecule has 0 atom stereocenters. The Hall–Kier alpha value is -0.820. The predicted octanol–water partition coefficient (Wildman–Crippen LogP) is 3.65. The summed E-state index contributed by atoms with van der Waals surface area (Å²) in [5.41, 5.74) is 7.96. The van der Waals surface area contributed by atoms with E-state index in [1.165, 1.54) is 30.4 Å². The van der Waals surface area contributed by atoms with Crippen LogP contribution in [-0.4, -0.2) is 0 Å². The molecule has 0 aliphatic rings. The van der Waals surface area contributed by atoms with Gasteiger partial charge in [0.25, 0.3) is 0 Å². The van der Waals surface area contributed by atoms with Crippen molar-refractivity contribution in [3.63, 3.8) is 0 Å². The molecule has 2 N–H and O–H groups in total. The van der Waals surface area contributed by atoms with Crippen LogP contribution in [0.4, 0.5) is 0 Å². The van der Waals surface area contributed by atoms with E-state index in [0.29, 0.717) is 6.54 Å². The summed E-state index contributed by atoms with van der Waals surface area (Å²) in [7, 11) is 0. The van der Waals surface area contributed by atoms with Gasteiger partial charge in [-0.05, 0) is 18.1 Å². The molecule has 1 nitrogen and oxygen atoms in total. The number of hydrogen-bond acceptors (Lipinski definition) is 1. The van der Waals surface area contributed by atoms with Crippen LogP contribution in [0.1, 0.15) is 44.2 Å². The van der Waals surface area contributed by atoms with E-state index >= 15 is 0 Å². The van der Waals surface area contributed by atoms with Gasteiger partial charge in [-0.15, -0.1) is 0 Å². The minimum absolute atomic E-state index is 0.646. The Bertz CT molecular complexity index is 228. The maximum atomic E-state index is 5.45. The molecule has 0 aliphatic carbocycles. The number of unbranched alkanes of at least 4 members (excludes halogenated alkanes) is 2. The molecule has 1 rings (SSSR count). The average molecular weight is 193 g/mol. The zero-order valence-corrected chi connectivity index (χ0v) is 9.72. The quantitative estimate of drug-likeness (QED) is 0.779. The second-order valence-electron chi connectivity index (χ2n) is 3.48. The van der Waals surface area contributed by atoms with E-state index in [-0.39, 0.29) is 0 Å². The topological polar surface area (TPSA) is 26.0 Å². The third-order valence-electron chi connectivity index (χ3n) is 2.19. The van der Waals surface area contributed by atoms with Crippen LogP contribution in [0.15, 0.2) is 24.3 Å². The molecule has 1 heteroatoms. The van der Waals surface area contributed by atoms with Crippen LogP contribution in [0.3, 0.4) is 0 Å². The van der Waals surface area contributed by atoms with Gasteiger partial charge in [-0.2, -0.15) is 0 Å². The van der Waals surface area contributed by atoms with Gasteiger partial charge < -0.3 is 5.73 Å². The van der Waals surface area contributed by atoms with Crippen LogP contribution < -0.4 is 5.73 Å². The minimum Gasteiger partial charge on any atom is -0.326 e. The lowest BCUT2D eigenvalue weighted by Gasteiger charge is -1.98. The first-order chi connectivity index (χ1) is 6.76. The molecule has 0 amide bonds. The maximum absolute atomic E-state index is 5.45. The summed E-state index contributed by atoms with van der Waals surface area (Å²) >= 11 is 0. The van der Waals surface area contributed by atoms with Crippen molar-refractivity contribution in [3.05, 3.63) is 35.4 Å². The van der Waals surface area contributed by atoms with Crippen molar-refractivity contribution in [2.75, 3.05) is 0 Å². The highest BCUT2D eigenvalue weighted by Gasteiger charge is 1.89. The number of rotatable bonds is 3. The summed E-state index contributed by atoms with van der Waals surface area (Å²) < 4.78 is 0. The van der Waals surface area contributed by atoms with Crippen molar-refractivity contribution in [1.82, 2.24) is 0 Å². The second kappa shape index (κ2) is 8.76. The van der Waals surface area contributed by atoms with Gasteiger partial charge in [-0.25, -0.2) is 0 Å². The van der Waals surface area contributed by atoms with E-state index in [1.54, 1.807) is 0 Å². The van der Waals surface area contributed by atoms with Crippen molar-refractivity contribution in [2.24, 2.45) is 5.73 Å². The molecule has 80 valence electrons. The molecule has 1 aromatic carbocycles. The van der Waals surface area contributed by atoms with Gasteiger partial charge in [-0.1, -0.05) is 57.4 Å². The number of aryl methyl sites for hydroxylation is 1. The molecule has 0 radical (unpaired) electrons. The third kappa shape index (κ3) is 5.76. The predicted molar refractivity (Wildman–Crippen MR) is 64.3 cm³/mol. The molecule has 0 spiro atoms. The van der Waals surface area contributed by atoms with Gasteiger partial charge in [0.2, 0.25) is 0 Å². The zero-order valence-electron chi connectivity index (χ0n) is 9.72. The van der Waals surface area contributed by atoms with Crippen LogP contribution in [-0.2, 0) is 6.54 Å². The van der Waals surface area contributed by atoms with Gasteiger partial charge in [0.1, 0.15) is 0 Å². The fourth-order valence-corrected chi connectivity index (χ4v) is 1.19. The molecular formula is C13H23N. The standard InChI is InChI=1S/C8H11N.C5H12/c1-7-4-2-3-5-8(7)6-9;1-3-5-4-2/h2-5H,6,9H2,1H3;3-5H2,1-2H3. The number of nitrogens with two attached hydrogens (primary N) is 1. The number of hydrogen-bond donors (Lipinski definition) is 1. The normalized spacial score (nSPS) is 9.14. The molecule has 0 unspecified atom stereocenters. The van der Waals surface area contributed by atoms with Gasteiger partial charge in [-0.3, -0.25) is 0 Å². The second-order valence-corrected chi connectivity index (χ2v) is 3.48. The van der Waals surface area contributed by atoms with Gasteiger partial charge >= 0.3 is 0 Å². The molecule has 0 fully saturated rings. The molecule has 0 saturated heterocycles. The van der Waals surface area contributed by atoms with E-state index in [0.717, 1.165) is 0 Å². The van der Waals surface area contributed by atoms with E-state index in [9.17, 15) is 0 Å². The van der Waals surface area contributed by atoms with Crippen molar-refractivity contribution < 1.29 is 0 Å². The first kappa shape index (κ1) is 13.2. The highest BCUT2D eigenvalue weighted by Crippen LogP contribution is 2.04. The molecular weight excluding hydrogens is 170 g/mol. The maximum Gasteiger partial charge on any atom is 0.0180 e. The molecule has 14 heavy (non-hydrogen) atoms. The molecule has 0 saturated carbocycles. The van der Waals surface area contributed by atoms with Gasteiger partial charge in [0, 0.05) is 6.54 Å². The highest BCUT2D eigenvalue weighted by atomic mass is 14.5. The van der Waals surface area contributed by atoms with Gasteiger partial charge in [0.15, 0.2) is 0 Å². The molecule has 0 aliphatic heterocycles. The molecule has 0 aromatic heterocycles. The minimum atomic E-state index is 0.646. The van der Waals surface area contributed by atoms with Crippen molar-refractivity contribution in [3.8, 4) is 0 Å². The lowest BCUT2D eigenvalue weighted by atomic mass is 10.1. The Morgan fingerprint density at radius 3 is 1.93 bits per heavy atom. The third-order valence-corrected chi connectivity index (χ3v) is 2.19. The largest absolute Gasteiger partial charge is 0.326 e. The lowest BCUT2D eigenvalue weighted by Crippen LogP contribution is -1.97. The lowest BCUT2D eigenvalue weighted by molar-refractivity contribution is 0.772. The smallest absolute Gasteiger partial charge is 0.0180 e. The summed E-state index contributed by atoms with van der Waals surface area (Å²) in [6, 6.07) is 8.15. The van der Waals surface area contributed by atoms with Crippen LogP contribution in [0.5, 0.6) is 0 Å². The SMILES string of the molecule is CCCCC.Cc1ccccc1CN. The summed E-state index contributed by atoms with van der Waals surface area (Å²) in [6.45, 7) is 7.14. The van der Waals surface area contributed by atoms with E-state index in [4.69, 9.17) is 5.73 Å². The Morgan fingerprint density at radius 1 is 1.07 bits per heavy atom. The van der Waals surface area contributed by atoms with E-state index < -0.39 is 0 Å². The Labute approximate surface area is 88.3 Å². The van der Waals surface area contributed by atoms with Gasteiger partial charge in [0.05, 0.1) is 0 Å². The first-order valence-electron chi connectivity index (χ1n) is 5.50. The Balaban J connectivity index is 0.000000292. The van der Waals surface area contributed by atoms with Crippen molar-refractivity contribution >= 4 is 0 Å². The summed E-state index contributed by atoms with van der Waals surface area (Å²) in [5, 5.41) is 0. The molecule has 1 aromatic rings. The summed E-state index contributed by atoms with van der Waals surface area (Å²) in [6.07, 6.45) is 4.08. The average Bonchev–Trinajstić information content (AvgIpc) is 2.21. The zero-order chi connectivity index (χ0) is 10.8. The molecule has 0 heterocycles. The first-order valence-corrected chi connectivity index (χ1v) is 5.50. The highest BCUT2D eigenvalue weighted by molar-refractivity contribution is 5.24. The van der Waals surface area contributed by atoms with E-state index in [1.807, 2.05) is 12.1 Å². The van der Waals surface area contributed by atoms with Crippen LogP contribution in [0.2, 0.25) is 0 Å². The summed E-state index contributed by atoms with van der Waals surface area (Å²) in [4.78, 5) is 0.